The maximum Gasteiger partial charge on any atom is 0.270 e. The van der Waals surface area contributed by atoms with Gasteiger partial charge in [0.2, 0.25) is 0 Å². The zero-order chi connectivity index (χ0) is 23.4. The lowest BCUT2D eigenvalue weighted by molar-refractivity contribution is -0.384. The van der Waals surface area contributed by atoms with Crippen LogP contribution < -0.4 is 10.2 Å². The normalized spacial score (nSPS) is 13.4. The van der Waals surface area contributed by atoms with E-state index in [9.17, 15) is 19.7 Å². The Morgan fingerprint density at radius 2 is 1.70 bits per heavy atom. The van der Waals surface area contributed by atoms with Crippen LogP contribution in [-0.2, 0) is 4.74 Å². The molecule has 1 fully saturated rings. The van der Waals surface area contributed by atoms with Crippen molar-refractivity contribution in [1.82, 2.24) is 0 Å². The quantitative estimate of drug-likeness (QED) is 0.325. The second kappa shape index (κ2) is 9.81. The summed E-state index contributed by atoms with van der Waals surface area (Å²) in [5, 5.41) is 13.6. The number of hydrogen-bond acceptors (Lipinski definition) is 6. The third-order valence-electron chi connectivity index (χ3n) is 5.29. The topological polar surface area (TPSA) is 102 Å². The molecule has 0 atom stereocenters. The first-order chi connectivity index (χ1) is 15.9. The number of nitrogens with zero attached hydrogens (tertiary/aromatic N) is 2. The Balaban J connectivity index is 1.66. The number of ketones is 1. The molecule has 0 radical (unpaired) electrons. The molecule has 0 bridgehead atoms. The second-order valence-corrected chi connectivity index (χ2v) is 7.81. The molecular formula is C24H20ClN3O5. The fourth-order valence-corrected chi connectivity index (χ4v) is 3.88. The fraction of sp³-hybridized carbons (Fsp3) is 0.167. The molecule has 3 aromatic carbocycles. The van der Waals surface area contributed by atoms with Crippen molar-refractivity contribution in [2.45, 2.75) is 0 Å². The average Bonchev–Trinajstić information content (AvgIpc) is 2.84. The van der Waals surface area contributed by atoms with Crippen LogP contribution in [0.25, 0.3) is 0 Å². The lowest BCUT2D eigenvalue weighted by Gasteiger charge is -2.30. The molecule has 0 aromatic heterocycles. The molecule has 1 N–H and O–H groups in total. The van der Waals surface area contributed by atoms with Crippen LogP contribution in [0.4, 0.5) is 17.1 Å². The van der Waals surface area contributed by atoms with Crippen LogP contribution in [0.1, 0.15) is 26.3 Å². The Morgan fingerprint density at radius 3 is 2.36 bits per heavy atom. The number of halogens is 1. The summed E-state index contributed by atoms with van der Waals surface area (Å²) in [7, 11) is 0. The zero-order valence-electron chi connectivity index (χ0n) is 17.5. The molecule has 1 amide bonds. The molecule has 9 heteroatoms. The zero-order valence-corrected chi connectivity index (χ0v) is 18.2. The van der Waals surface area contributed by atoms with Gasteiger partial charge in [-0.2, -0.15) is 0 Å². The minimum absolute atomic E-state index is 0.0350. The number of ether oxygens (including phenoxy) is 1. The predicted molar refractivity (Wildman–Crippen MR) is 125 cm³/mol. The van der Waals surface area contributed by atoms with Gasteiger partial charge in [0.05, 0.1) is 28.7 Å². The maximum absolute atomic E-state index is 13.3. The van der Waals surface area contributed by atoms with E-state index in [2.05, 4.69) is 10.2 Å². The van der Waals surface area contributed by atoms with Gasteiger partial charge in [0, 0.05) is 47.7 Å². The van der Waals surface area contributed by atoms with Gasteiger partial charge in [-0.1, -0.05) is 41.9 Å². The summed E-state index contributed by atoms with van der Waals surface area (Å²) in [4.78, 5) is 38.5. The van der Waals surface area contributed by atoms with E-state index in [1.807, 2.05) is 6.07 Å². The second-order valence-electron chi connectivity index (χ2n) is 7.40. The molecular weight excluding hydrogens is 446 g/mol. The van der Waals surface area contributed by atoms with Crippen molar-refractivity contribution in [2.24, 2.45) is 0 Å². The lowest BCUT2D eigenvalue weighted by Crippen LogP contribution is -2.37. The van der Waals surface area contributed by atoms with Gasteiger partial charge in [-0.3, -0.25) is 19.7 Å². The Morgan fingerprint density at radius 1 is 0.970 bits per heavy atom. The van der Waals surface area contributed by atoms with E-state index >= 15 is 0 Å². The van der Waals surface area contributed by atoms with Gasteiger partial charge in [-0.15, -0.1) is 0 Å². The molecule has 0 unspecified atom stereocenters. The Labute approximate surface area is 194 Å². The number of anilines is 2. The highest BCUT2D eigenvalue weighted by Crippen LogP contribution is 2.29. The number of carbonyl (C=O) groups excluding carboxylic acids is 2. The molecule has 1 heterocycles. The number of carbonyl (C=O) groups is 2. The van der Waals surface area contributed by atoms with E-state index in [1.54, 1.807) is 42.5 Å². The van der Waals surface area contributed by atoms with Crippen molar-refractivity contribution in [3.8, 4) is 0 Å². The molecule has 0 saturated carbocycles. The number of nitrogens with one attached hydrogen (secondary N) is 1. The van der Waals surface area contributed by atoms with E-state index in [4.69, 9.17) is 16.3 Å². The van der Waals surface area contributed by atoms with Crippen LogP contribution in [0, 0.1) is 10.1 Å². The van der Waals surface area contributed by atoms with Crippen molar-refractivity contribution in [1.29, 1.82) is 0 Å². The molecule has 0 spiro atoms. The number of benzene rings is 3. The summed E-state index contributed by atoms with van der Waals surface area (Å²) in [6.07, 6.45) is 0. The monoisotopic (exact) mass is 465 g/mol. The lowest BCUT2D eigenvalue weighted by atomic mass is 10.00. The average molecular weight is 466 g/mol. The molecule has 1 saturated heterocycles. The van der Waals surface area contributed by atoms with Crippen molar-refractivity contribution in [3.63, 3.8) is 0 Å². The molecule has 168 valence electrons. The van der Waals surface area contributed by atoms with Gasteiger partial charge in [0.25, 0.3) is 11.6 Å². The summed E-state index contributed by atoms with van der Waals surface area (Å²) in [5.41, 5.74) is 2.05. The predicted octanol–water partition coefficient (Wildman–Crippen LogP) is 4.57. The molecule has 33 heavy (non-hydrogen) atoms. The van der Waals surface area contributed by atoms with Gasteiger partial charge < -0.3 is 15.0 Å². The van der Waals surface area contributed by atoms with Gasteiger partial charge in [0.1, 0.15) is 0 Å². The van der Waals surface area contributed by atoms with Crippen LogP contribution in [-0.4, -0.2) is 42.9 Å². The number of non-ortho nitro benzene ring substituents is 1. The third-order valence-corrected chi connectivity index (χ3v) is 5.61. The molecule has 1 aliphatic rings. The standard InChI is InChI=1S/C24H20ClN3O5/c25-21-15-18(28(31)32)7-8-19(21)24(30)26-17-6-9-22(27-10-12-33-13-11-27)20(14-17)23(29)16-4-2-1-3-5-16/h1-9,14-15H,10-13H2,(H,26,30). The van der Waals surface area contributed by atoms with E-state index in [0.29, 0.717) is 43.1 Å². The van der Waals surface area contributed by atoms with E-state index in [-0.39, 0.29) is 22.1 Å². The number of hydrogen-bond donors (Lipinski definition) is 1. The van der Waals surface area contributed by atoms with Crippen LogP contribution in [0.3, 0.4) is 0 Å². The SMILES string of the molecule is O=C(Nc1ccc(N2CCOCC2)c(C(=O)c2ccccc2)c1)c1ccc([N+](=O)[O-])cc1Cl. The number of amides is 1. The summed E-state index contributed by atoms with van der Waals surface area (Å²) < 4.78 is 5.43. The van der Waals surface area contributed by atoms with E-state index in [0.717, 1.165) is 11.8 Å². The van der Waals surface area contributed by atoms with Gasteiger partial charge >= 0.3 is 0 Å². The largest absolute Gasteiger partial charge is 0.378 e. The summed E-state index contributed by atoms with van der Waals surface area (Å²) in [6.45, 7) is 2.44. The van der Waals surface area contributed by atoms with Crippen LogP contribution in [0.2, 0.25) is 5.02 Å². The number of rotatable bonds is 6. The van der Waals surface area contributed by atoms with Crippen molar-refractivity contribution in [3.05, 3.63) is 98.6 Å². The minimum atomic E-state index is -0.584. The Kier molecular flexibility index (Phi) is 6.67. The van der Waals surface area contributed by atoms with Crippen molar-refractivity contribution in [2.75, 3.05) is 36.5 Å². The molecule has 4 rings (SSSR count). The summed E-state index contributed by atoms with van der Waals surface area (Å²) >= 11 is 6.09. The highest BCUT2D eigenvalue weighted by Gasteiger charge is 2.22. The van der Waals surface area contributed by atoms with Crippen LogP contribution >= 0.6 is 11.6 Å². The number of nitro groups is 1. The van der Waals surface area contributed by atoms with Gasteiger partial charge in [0.15, 0.2) is 5.78 Å². The Hall–Kier alpha value is -3.75. The van der Waals surface area contributed by atoms with Crippen LogP contribution in [0.5, 0.6) is 0 Å². The van der Waals surface area contributed by atoms with Gasteiger partial charge in [-0.05, 0) is 24.3 Å². The minimum Gasteiger partial charge on any atom is -0.378 e. The Bertz CT molecular complexity index is 1210. The first-order valence-electron chi connectivity index (χ1n) is 10.3. The smallest absolute Gasteiger partial charge is 0.270 e. The highest BCUT2D eigenvalue weighted by molar-refractivity contribution is 6.34. The first-order valence-corrected chi connectivity index (χ1v) is 10.6. The molecule has 0 aliphatic carbocycles. The molecule has 3 aromatic rings. The summed E-state index contributed by atoms with van der Waals surface area (Å²) in [6, 6.07) is 17.7. The van der Waals surface area contributed by atoms with E-state index in [1.165, 1.54) is 12.1 Å². The van der Waals surface area contributed by atoms with Gasteiger partial charge in [-0.25, -0.2) is 0 Å². The molecule has 1 aliphatic heterocycles. The number of nitro benzene ring substituents is 1. The maximum atomic E-state index is 13.3. The van der Waals surface area contributed by atoms with E-state index < -0.39 is 10.8 Å². The first kappa shape index (κ1) is 22.4. The highest BCUT2D eigenvalue weighted by atomic mass is 35.5. The summed E-state index contributed by atoms with van der Waals surface area (Å²) in [5.74, 6) is -0.700. The third kappa shape index (κ3) is 5.02. The fourth-order valence-electron chi connectivity index (χ4n) is 3.62. The molecule has 8 nitrogen and oxygen atoms in total. The van der Waals surface area contributed by atoms with Crippen LogP contribution in [0.15, 0.2) is 66.7 Å². The van der Waals surface area contributed by atoms with Crippen molar-refractivity contribution >= 4 is 40.4 Å². The number of morpholine rings is 1. The van der Waals surface area contributed by atoms with Crippen molar-refractivity contribution < 1.29 is 19.2 Å².